The van der Waals surface area contributed by atoms with Crippen molar-refractivity contribution in [1.82, 2.24) is 4.98 Å². The first-order valence-corrected chi connectivity index (χ1v) is 5.45. The Balaban J connectivity index is 2.33. The van der Waals surface area contributed by atoms with Crippen molar-refractivity contribution in [3.8, 4) is 0 Å². The third kappa shape index (κ3) is 3.43. The van der Waals surface area contributed by atoms with Crippen molar-refractivity contribution in [2.24, 2.45) is 0 Å². The quantitative estimate of drug-likeness (QED) is 0.443. The number of pyridine rings is 1. The number of hydrogen-bond acceptors (Lipinski definition) is 4. The molecule has 0 aliphatic carbocycles. The summed E-state index contributed by atoms with van der Waals surface area (Å²) in [5.41, 5.74) is 0. The molecule has 1 N–H and O–H groups in total. The molecule has 0 saturated carbocycles. The number of rotatable bonds is 4. The van der Waals surface area contributed by atoms with Crippen molar-refractivity contribution in [2.75, 3.05) is 5.75 Å². The summed E-state index contributed by atoms with van der Waals surface area (Å²) >= 11 is 0. The van der Waals surface area contributed by atoms with Gasteiger partial charge in [0.05, 0.1) is 0 Å². The maximum Gasteiger partial charge on any atom is 0.106 e. The lowest BCUT2D eigenvalue weighted by atomic mass is 10.5. The molecule has 0 amide bonds. The topological polar surface area (TPSA) is 36.7 Å². The highest BCUT2D eigenvalue weighted by molar-refractivity contribution is 8.76. The van der Waals surface area contributed by atoms with Crippen molar-refractivity contribution in [1.29, 1.82) is 5.41 Å². The average molecular weight is 184 g/mol. The minimum atomic E-state index is 0.737. The lowest BCUT2D eigenvalue weighted by Crippen LogP contribution is -1.75. The average Bonchev–Trinajstić information content (AvgIpc) is 2.07. The van der Waals surface area contributed by atoms with Crippen LogP contribution in [-0.4, -0.2) is 17.0 Å². The minimum Gasteiger partial charge on any atom is -0.312 e. The van der Waals surface area contributed by atoms with Gasteiger partial charge in [0.25, 0.3) is 0 Å². The second-order valence-electron chi connectivity index (χ2n) is 1.74. The predicted octanol–water partition coefficient (Wildman–Crippen LogP) is 2.47. The van der Waals surface area contributed by atoms with E-state index >= 15 is 0 Å². The van der Waals surface area contributed by atoms with E-state index in [-0.39, 0.29) is 0 Å². The molecule has 0 aromatic carbocycles. The SMILES string of the molecule is N=CCSSc1ccccn1. The van der Waals surface area contributed by atoms with Gasteiger partial charge in [-0.2, -0.15) is 0 Å². The van der Waals surface area contributed by atoms with Crippen LogP contribution in [0, 0.1) is 5.41 Å². The molecule has 1 rings (SSSR count). The Kier molecular flexibility index (Phi) is 4.08. The normalized spacial score (nSPS) is 9.45. The van der Waals surface area contributed by atoms with Crippen LogP contribution >= 0.6 is 21.6 Å². The minimum absolute atomic E-state index is 0.737. The highest BCUT2D eigenvalue weighted by Crippen LogP contribution is 2.27. The fourth-order valence-corrected chi connectivity index (χ4v) is 2.09. The van der Waals surface area contributed by atoms with Crippen LogP contribution in [-0.2, 0) is 0 Å². The van der Waals surface area contributed by atoms with E-state index in [0.717, 1.165) is 10.8 Å². The van der Waals surface area contributed by atoms with Crippen LogP contribution in [0.1, 0.15) is 0 Å². The molecule has 0 bridgehead atoms. The zero-order valence-corrected chi connectivity index (χ0v) is 7.49. The molecule has 0 unspecified atom stereocenters. The summed E-state index contributed by atoms with van der Waals surface area (Å²) in [7, 11) is 3.22. The molecule has 0 spiro atoms. The van der Waals surface area contributed by atoms with E-state index in [0.29, 0.717) is 0 Å². The van der Waals surface area contributed by atoms with Gasteiger partial charge in [0, 0.05) is 18.2 Å². The van der Waals surface area contributed by atoms with Gasteiger partial charge in [0.1, 0.15) is 5.03 Å². The van der Waals surface area contributed by atoms with Crippen molar-refractivity contribution in [3.05, 3.63) is 24.4 Å². The monoisotopic (exact) mass is 184 g/mol. The Morgan fingerprint density at radius 2 is 2.45 bits per heavy atom. The first kappa shape index (κ1) is 8.62. The highest BCUT2D eigenvalue weighted by atomic mass is 33.1. The van der Waals surface area contributed by atoms with E-state index in [2.05, 4.69) is 4.98 Å². The molecule has 58 valence electrons. The van der Waals surface area contributed by atoms with Gasteiger partial charge < -0.3 is 5.41 Å². The van der Waals surface area contributed by atoms with Crippen molar-refractivity contribution in [3.63, 3.8) is 0 Å². The van der Waals surface area contributed by atoms with Gasteiger partial charge in [-0.25, -0.2) is 4.98 Å². The molecule has 0 aliphatic rings. The Bertz CT molecular complexity index is 213. The maximum absolute atomic E-state index is 6.79. The van der Waals surface area contributed by atoms with Crippen LogP contribution in [0.5, 0.6) is 0 Å². The molecule has 0 radical (unpaired) electrons. The summed E-state index contributed by atoms with van der Waals surface area (Å²) in [6, 6.07) is 5.81. The molecule has 11 heavy (non-hydrogen) atoms. The molecule has 4 heteroatoms. The Hall–Kier alpha value is -0.480. The molecule has 0 aliphatic heterocycles. The first-order valence-electron chi connectivity index (χ1n) is 3.13. The Labute approximate surface area is 73.7 Å². The van der Waals surface area contributed by atoms with Crippen molar-refractivity contribution in [2.45, 2.75) is 5.03 Å². The summed E-state index contributed by atoms with van der Waals surface area (Å²) in [5.74, 6) is 0.737. The summed E-state index contributed by atoms with van der Waals surface area (Å²) in [5, 5.41) is 7.79. The van der Waals surface area contributed by atoms with E-state index in [9.17, 15) is 0 Å². The molecule has 1 aromatic rings. The predicted molar refractivity (Wildman–Crippen MR) is 51.3 cm³/mol. The van der Waals surface area contributed by atoms with Crippen molar-refractivity contribution < 1.29 is 0 Å². The van der Waals surface area contributed by atoms with E-state index in [1.54, 1.807) is 27.8 Å². The lowest BCUT2D eigenvalue weighted by Gasteiger charge is -1.94. The van der Waals surface area contributed by atoms with Gasteiger partial charge in [-0.15, -0.1) is 0 Å². The molecular weight excluding hydrogens is 176 g/mol. The van der Waals surface area contributed by atoms with Crippen LogP contribution in [0.3, 0.4) is 0 Å². The second-order valence-corrected chi connectivity index (χ2v) is 4.10. The van der Waals surface area contributed by atoms with Crippen LogP contribution in [0.15, 0.2) is 29.4 Å². The number of nitrogens with zero attached hydrogens (tertiary/aromatic N) is 1. The third-order valence-electron chi connectivity index (χ3n) is 0.933. The number of aromatic nitrogens is 1. The van der Waals surface area contributed by atoms with E-state index < -0.39 is 0 Å². The fraction of sp³-hybridized carbons (Fsp3) is 0.143. The van der Waals surface area contributed by atoms with Crippen molar-refractivity contribution >= 4 is 27.8 Å². The molecule has 0 fully saturated rings. The lowest BCUT2D eigenvalue weighted by molar-refractivity contribution is 1.14. The van der Waals surface area contributed by atoms with E-state index in [1.807, 2.05) is 18.2 Å². The van der Waals surface area contributed by atoms with Gasteiger partial charge in [0.15, 0.2) is 0 Å². The number of nitrogens with one attached hydrogen (secondary N) is 1. The van der Waals surface area contributed by atoms with Gasteiger partial charge in [-0.3, -0.25) is 0 Å². The largest absolute Gasteiger partial charge is 0.312 e. The number of hydrogen-bond donors (Lipinski definition) is 1. The first-order chi connectivity index (χ1) is 5.43. The van der Waals surface area contributed by atoms with E-state index in [4.69, 9.17) is 5.41 Å². The Morgan fingerprint density at radius 1 is 1.55 bits per heavy atom. The standard InChI is InChI=1S/C7H8N2S2/c8-4-6-10-11-7-3-1-2-5-9-7/h1-5,8H,6H2. The fourth-order valence-electron chi connectivity index (χ4n) is 0.525. The summed E-state index contributed by atoms with van der Waals surface area (Å²) in [4.78, 5) is 4.12. The van der Waals surface area contributed by atoms with Crippen LogP contribution in [0.4, 0.5) is 0 Å². The highest BCUT2D eigenvalue weighted by Gasteiger charge is 1.91. The summed E-state index contributed by atoms with van der Waals surface area (Å²) in [6.07, 6.45) is 3.16. The second kappa shape index (κ2) is 5.21. The van der Waals surface area contributed by atoms with Crippen LogP contribution < -0.4 is 0 Å². The molecular formula is C7H8N2S2. The Morgan fingerprint density at radius 3 is 3.09 bits per heavy atom. The van der Waals surface area contributed by atoms with Gasteiger partial charge >= 0.3 is 0 Å². The molecule has 0 atom stereocenters. The summed E-state index contributed by atoms with van der Waals surface area (Å²) < 4.78 is 0. The van der Waals surface area contributed by atoms with Gasteiger partial charge in [0.2, 0.25) is 0 Å². The van der Waals surface area contributed by atoms with Gasteiger partial charge in [-0.1, -0.05) is 16.9 Å². The zero-order valence-electron chi connectivity index (χ0n) is 5.86. The molecule has 0 saturated heterocycles. The van der Waals surface area contributed by atoms with Gasteiger partial charge in [-0.05, 0) is 22.9 Å². The molecule has 1 aromatic heterocycles. The molecule has 2 nitrogen and oxygen atoms in total. The zero-order chi connectivity index (χ0) is 7.94. The smallest absolute Gasteiger partial charge is 0.106 e. The van der Waals surface area contributed by atoms with E-state index in [1.165, 1.54) is 6.21 Å². The summed E-state index contributed by atoms with van der Waals surface area (Å²) in [6.45, 7) is 0. The third-order valence-corrected chi connectivity index (χ3v) is 3.04. The maximum atomic E-state index is 6.79. The molecule has 1 heterocycles. The van der Waals surface area contributed by atoms with Crippen LogP contribution in [0.2, 0.25) is 0 Å². The van der Waals surface area contributed by atoms with Crippen LogP contribution in [0.25, 0.3) is 0 Å².